The number of fused-ring (bicyclic) bond motifs is 1. The average Bonchev–Trinajstić information content (AvgIpc) is 2.83. The Morgan fingerprint density at radius 3 is 2.94 bits per heavy atom. The molecular weight excluding hydrogens is 310 g/mol. The Balaban J connectivity index is 2.18. The Bertz CT molecular complexity index is 661. The standard InChI is InChI=1S/C10H5BrClN3S/c11-6-3-4-15-9(5-6)13-10(14-15)7-1-2-8(12)16-7/h1-5H. The molecule has 16 heavy (non-hydrogen) atoms. The minimum atomic E-state index is 0.704. The van der Waals surface area contributed by atoms with Crippen molar-refractivity contribution < 1.29 is 0 Å². The first-order chi connectivity index (χ1) is 7.72. The monoisotopic (exact) mass is 313 g/mol. The van der Waals surface area contributed by atoms with Gasteiger partial charge < -0.3 is 0 Å². The van der Waals surface area contributed by atoms with Gasteiger partial charge in [0.25, 0.3) is 0 Å². The van der Waals surface area contributed by atoms with Gasteiger partial charge in [-0.05, 0) is 24.3 Å². The molecule has 0 saturated heterocycles. The van der Waals surface area contributed by atoms with Crippen molar-refractivity contribution in [3.05, 3.63) is 39.3 Å². The Kier molecular flexibility index (Phi) is 2.46. The van der Waals surface area contributed by atoms with Crippen LogP contribution in [0.15, 0.2) is 34.9 Å². The van der Waals surface area contributed by atoms with Crippen molar-refractivity contribution in [1.29, 1.82) is 0 Å². The fourth-order valence-electron chi connectivity index (χ4n) is 1.40. The molecule has 0 aliphatic heterocycles. The predicted octanol–water partition coefficient (Wildman–Crippen LogP) is 3.87. The lowest BCUT2D eigenvalue weighted by Crippen LogP contribution is -1.84. The van der Waals surface area contributed by atoms with Crippen LogP contribution in [0.1, 0.15) is 0 Å². The average molecular weight is 315 g/mol. The van der Waals surface area contributed by atoms with Gasteiger partial charge >= 0.3 is 0 Å². The van der Waals surface area contributed by atoms with E-state index in [0.29, 0.717) is 5.82 Å². The molecule has 3 rings (SSSR count). The molecule has 3 nitrogen and oxygen atoms in total. The number of halogens is 2. The highest BCUT2D eigenvalue weighted by molar-refractivity contribution is 9.10. The van der Waals surface area contributed by atoms with Crippen LogP contribution >= 0.6 is 38.9 Å². The number of nitrogens with zero attached hydrogens (tertiary/aromatic N) is 3. The van der Waals surface area contributed by atoms with E-state index in [1.165, 1.54) is 11.3 Å². The molecule has 0 amide bonds. The quantitative estimate of drug-likeness (QED) is 0.682. The second-order valence-electron chi connectivity index (χ2n) is 3.19. The summed E-state index contributed by atoms with van der Waals surface area (Å²) in [7, 11) is 0. The molecule has 0 unspecified atom stereocenters. The van der Waals surface area contributed by atoms with Crippen LogP contribution in [-0.4, -0.2) is 14.6 Å². The van der Waals surface area contributed by atoms with Crippen molar-refractivity contribution in [3.63, 3.8) is 0 Å². The van der Waals surface area contributed by atoms with Crippen molar-refractivity contribution in [2.45, 2.75) is 0 Å². The summed E-state index contributed by atoms with van der Waals surface area (Å²) in [4.78, 5) is 5.41. The number of aromatic nitrogens is 3. The van der Waals surface area contributed by atoms with Crippen molar-refractivity contribution in [2.24, 2.45) is 0 Å². The highest BCUT2D eigenvalue weighted by atomic mass is 79.9. The molecular formula is C10H5BrClN3S. The lowest BCUT2D eigenvalue weighted by Gasteiger charge is -1.89. The fourth-order valence-corrected chi connectivity index (χ4v) is 2.69. The second-order valence-corrected chi connectivity index (χ2v) is 5.82. The van der Waals surface area contributed by atoms with Gasteiger partial charge in [-0.3, -0.25) is 0 Å². The van der Waals surface area contributed by atoms with Gasteiger partial charge in [0, 0.05) is 10.7 Å². The third-order valence-electron chi connectivity index (χ3n) is 2.09. The van der Waals surface area contributed by atoms with Crippen LogP contribution in [0, 0.1) is 0 Å². The summed E-state index contributed by atoms with van der Waals surface area (Å²) < 4.78 is 3.48. The zero-order chi connectivity index (χ0) is 11.1. The molecule has 0 atom stereocenters. The molecule has 0 aliphatic rings. The number of hydrogen-bond acceptors (Lipinski definition) is 3. The van der Waals surface area contributed by atoms with E-state index in [0.717, 1.165) is 19.3 Å². The van der Waals surface area contributed by atoms with Crippen LogP contribution in [0.3, 0.4) is 0 Å². The summed E-state index contributed by atoms with van der Waals surface area (Å²) in [5.41, 5.74) is 0.814. The van der Waals surface area contributed by atoms with Crippen LogP contribution < -0.4 is 0 Å². The first kappa shape index (κ1) is 10.3. The molecule has 80 valence electrons. The van der Waals surface area contributed by atoms with E-state index >= 15 is 0 Å². The molecule has 0 saturated carbocycles. The molecule has 0 radical (unpaired) electrons. The molecule has 0 aromatic carbocycles. The van der Waals surface area contributed by atoms with Crippen LogP contribution in [-0.2, 0) is 0 Å². The van der Waals surface area contributed by atoms with Crippen molar-refractivity contribution >= 4 is 44.5 Å². The Morgan fingerprint density at radius 1 is 1.31 bits per heavy atom. The summed E-state index contributed by atoms with van der Waals surface area (Å²) >= 11 is 10.8. The molecule has 0 N–H and O–H groups in total. The Morgan fingerprint density at radius 2 is 2.19 bits per heavy atom. The largest absolute Gasteiger partial charge is 0.220 e. The van der Waals surface area contributed by atoms with Gasteiger partial charge in [0.05, 0.1) is 9.21 Å². The van der Waals surface area contributed by atoms with Crippen LogP contribution in [0.4, 0.5) is 0 Å². The van der Waals surface area contributed by atoms with Gasteiger partial charge in [-0.2, -0.15) is 0 Å². The van der Waals surface area contributed by atoms with E-state index in [-0.39, 0.29) is 0 Å². The highest BCUT2D eigenvalue weighted by Gasteiger charge is 2.08. The summed E-state index contributed by atoms with van der Waals surface area (Å²) in [6.07, 6.45) is 1.87. The van der Waals surface area contributed by atoms with Crippen LogP contribution in [0.2, 0.25) is 4.34 Å². The zero-order valence-corrected chi connectivity index (χ0v) is 11.1. The maximum absolute atomic E-state index is 5.88. The highest BCUT2D eigenvalue weighted by Crippen LogP contribution is 2.29. The molecule has 3 aromatic heterocycles. The lowest BCUT2D eigenvalue weighted by atomic mass is 10.4. The Hall–Kier alpha value is -0.910. The summed E-state index contributed by atoms with van der Waals surface area (Å²) in [6, 6.07) is 7.62. The minimum Gasteiger partial charge on any atom is -0.220 e. The maximum atomic E-state index is 5.88. The number of pyridine rings is 1. The van der Waals surface area contributed by atoms with E-state index in [1.54, 1.807) is 4.52 Å². The molecule has 0 spiro atoms. The van der Waals surface area contributed by atoms with Gasteiger partial charge in [-0.25, -0.2) is 9.50 Å². The molecule has 0 fully saturated rings. The van der Waals surface area contributed by atoms with Gasteiger partial charge in [-0.15, -0.1) is 16.4 Å². The van der Waals surface area contributed by atoms with E-state index in [4.69, 9.17) is 11.6 Å². The molecule has 3 heterocycles. The summed E-state index contributed by atoms with van der Waals surface area (Å²) in [5.74, 6) is 0.704. The number of thiophene rings is 1. The third-order valence-corrected chi connectivity index (χ3v) is 3.81. The lowest BCUT2D eigenvalue weighted by molar-refractivity contribution is 0.965. The smallest absolute Gasteiger partial charge is 0.192 e. The van der Waals surface area contributed by atoms with Gasteiger partial charge in [0.1, 0.15) is 0 Å². The summed E-state index contributed by atoms with van der Waals surface area (Å²) in [6.45, 7) is 0. The third kappa shape index (κ3) is 1.75. The normalized spacial score (nSPS) is 11.1. The van der Waals surface area contributed by atoms with Gasteiger partial charge in [0.15, 0.2) is 11.5 Å². The van der Waals surface area contributed by atoms with Gasteiger partial charge in [0.2, 0.25) is 0 Å². The number of rotatable bonds is 1. The predicted molar refractivity (Wildman–Crippen MR) is 69.0 cm³/mol. The first-order valence-electron chi connectivity index (χ1n) is 4.50. The maximum Gasteiger partial charge on any atom is 0.192 e. The fraction of sp³-hybridized carbons (Fsp3) is 0. The summed E-state index contributed by atoms with van der Waals surface area (Å²) in [5, 5.41) is 4.37. The Labute approximate surface area is 109 Å². The topological polar surface area (TPSA) is 30.2 Å². The second kappa shape index (κ2) is 3.84. The van der Waals surface area contributed by atoms with E-state index < -0.39 is 0 Å². The minimum absolute atomic E-state index is 0.704. The van der Waals surface area contributed by atoms with Crippen molar-refractivity contribution in [3.8, 4) is 10.7 Å². The van der Waals surface area contributed by atoms with Crippen molar-refractivity contribution in [2.75, 3.05) is 0 Å². The number of hydrogen-bond donors (Lipinski definition) is 0. The van der Waals surface area contributed by atoms with E-state index in [2.05, 4.69) is 26.0 Å². The molecule has 3 aromatic rings. The van der Waals surface area contributed by atoms with Gasteiger partial charge in [-0.1, -0.05) is 27.5 Å². The molecule has 0 bridgehead atoms. The SMILES string of the molecule is Clc1ccc(-c2nc3cc(Br)ccn3n2)s1. The molecule has 0 aliphatic carbocycles. The van der Waals surface area contributed by atoms with Crippen LogP contribution in [0.5, 0.6) is 0 Å². The zero-order valence-electron chi connectivity index (χ0n) is 7.89. The van der Waals surface area contributed by atoms with Crippen molar-refractivity contribution in [1.82, 2.24) is 14.6 Å². The molecule has 6 heteroatoms. The van der Waals surface area contributed by atoms with E-state index in [9.17, 15) is 0 Å². The first-order valence-corrected chi connectivity index (χ1v) is 6.49. The van der Waals surface area contributed by atoms with Crippen LogP contribution in [0.25, 0.3) is 16.3 Å². The van der Waals surface area contributed by atoms with E-state index in [1.807, 2.05) is 30.5 Å².